The Morgan fingerprint density at radius 3 is 2.68 bits per heavy atom. The van der Waals surface area contributed by atoms with Crippen LogP contribution in [0.5, 0.6) is 0 Å². The van der Waals surface area contributed by atoms with E-state index in [9.17, 15) is 14.4 Å². The van der Waals surface area contributed by atoms with Crippen molar-refractivity contribution >= 4 is 17.7 Å². The first kappa shape index (κ1) is 17.9. The highest BCUT2D eigenvalue weighted by molar-refractivity contribution is 5.93. The lowest BCUT2D eigenvalue weighted by atomic mass is 9.52. The zero-order valence-electron chi connectivity index (χ0n) is 15.5. The van der Waals surface area contributed by atoms with Crippen LogP contribution in [0.25, 0.3) is 0 Å². The molecule has 5 unspecified atom stereocenters. The van der Waals surface area contributed by atoms with E-state index in [0.717, 1.165) is 12.0 Å². The Bertz CT molecular complexity index is 701. The standard InChI is InChI=1S/C20H26O5/c1-6-10(2)18(22)25-17-16-11(3)19(23)24-15(16)9-13-7-8-14(21)12(4)20(13,17)5/h6,12-13,15,17H,7-9H2,1-5H3. The van der Waals surface area contributed by atoms with Crippen LogP contribution in [0, 0.1) is 17.3 Å². The van der Waals surface area contributed by atoms with E-state index in [4.69, 9.17) is 9.47 Å². The summed E-state index contributed by atoms with van der Waals surface area (Å²) in [6.07, 6.45) is 2.74. The summed E-state index contributed by atoms with van der Waals surface area (Å²) in [5.74, 6) is -0.601. The second-order valence-electron chi connectivity index (χ2n) is 7.76. The van der Waals surface area contributed by atoms with Gasteiger partial charge in [-0.3, -0.25) is 4.79 Å². The lowest BCUT2D eigenvalue weighted by Gasteiger charge is -2.53. The minimum Gasteiger partial charge on any atom is -0.454 e. The van der Waals surface area contributed by atoms with Crippen LogP contribution in [-0.4, -0.2) is 29.9 Å². The predicted octanol–water partition coefficient (Wildman–Crippen LogP) is 3.13. The van der Waals surface area contributed by atoms with E-state index in [0.29, 0.717) is 24.0 Å². The molecule has 0 N–H and O–H groups in total. The summed E-state index contributed by atoms with van der Waals surface area (Å²) in [6.45, 7) is 9.16. The van der Waals surface area contributed by atoms with Gasteiger partial charge in [-0.1, -0.05) is 19.9 Å². The summed E-state index contributed by atoms with van der Waals surface area (Å²) < 4.78 is 11.4. The number of rotatable bonds is 2. The predicted molar refractivity (Wildman–Crippen MR) is 91.5 cm³/mol. The summed E-state index contributed by atoms with van der Waals surface area (Å²) in [4.78, 5) is 37.1. The van der Waals surface area contributed by atoms with E-state index in [1.54, 1.807) is 26.8 Å². The lowest BCUT2D eigenvalue weighted by molar-refractivity contribution is -0.170. The Labute approximate surface area is 148 Å². The van der Waals surface area contributed by atoms with Crippen molar-refractivity contribution in [3.63, 3.8) is 0 Å². The second kappa shape index (κ2) is 6.11. The molecule has 2 aliphatic carbocycles. The van der Waals surface area contributed by atoms with Crippen LogP contribution in [0.15, 0.2) is 22.8 Å². The molecule has 0 radical (unpaired) electrons. The number of Topliss-reactive ketones (excluding diaryl/α,β-unsaturated/α-hetero) is 1. The lowest BCUT2D eigenvalue weighted by Crippen LogP contribution is -2.57. The molecule has 5 heteroatoms. The molecular weight excluding hydrogens is 320 g/mol. The van der Waals surface area contributed by atoms with Crippen molar-refractivity contribution < 1.29 is 23.9 Å². The zero-order valence-corrected chi connectivity index (χ0v) is 15.5. The molecule has 0 amide bonds. The normalized spacial score (nSPS) is 38.2. The number of fused-ring (bicyclic) bond motifs is 2. The molecule has 2 saturated carbocycles. The van der Waals surface area contributed by atoms with Gasteiger partial charge in [-0.25, -0.2) is 9.59 Å². The molecule has 0 spiro atoms. The average molecular weight is 346 g/mol. The maximum atomic E-state index is 12.5. The van der Waals surface area contributed by atoms with Crippen LogP contribution in [0.1, 0.15) is 53.9 Å². The number of esters is 2. The average Bonchev–Trinajstić information content (AvgIpc) is 2.86. The Hall–Kier alpha value is -1.91. The molecule has 5 atom stereocenters. The van der Waals surface area contributed by atoms with Gasteiger partial charge in [-0.05, 0) is 39.5 Å². The van der Waals surface area contributed by atoms with E-state index in [-0.39, 0.29) is 29.7 Å². The Kier molecular flexibility index (Phi) is 4.38. The van der Waals surface area contributed by atoms with E-state index in [1.165, 1.54) is 0 Å². The monoisotopic (exact) mass is 346 g/mol. The first-order valence-electron chi connectivity index (χ1n) is 9.00. The molecular formula is C20H26O5. The molecule has 0 saturated heterocycles. The molecule has 1 heterocycles. The van der Waals surface area contributed by atoms with Gasteiger partial charge in [0.1, 0.15) is 18.0 Å². The number of hydrogen-bond acceptors (Lipinski definition) is 5. The Morgan fingerprint density at radius 1 is 1.36 bits per heavy atom. The van der Waals surface area contributed by atoms with Gasteiger partial charge in [-0.2, -0.15) is 0 Å². The minimum absolute atomic E-state index is 0.177. The highest BCUT2D eigenvalue weighted by Crippen LogP contribution is 2.57. The fraction of sp³-hybridized carbons (Fsp3) is 0.650. The topological polar surface area (TPSA) is 69.7 Å². The first-order valence-corrected chi connectivity index (χ1v) is 9.00. The van der Waals surface area contributed by atoms with Crippen LogP contribution >= 0.6 is 0 Å². The molecule has 2 fully saturated rings. The summed E-state index contributed by atoms with van der Waals surface area (Å²) >= 11 is 0. The van der Waals surface area contributed by atoms with E-state index >= 15 is 0 Å². The first-order chi connectivity index (χ1) is 11.7. The summed E-state index contributed by atoms with van der Waals surface area (Å²) in [6, 6.07) is 0. The molecule has 25 heavy (non-hydrogen) atoms. The van der Waals surface area contributed by atoms with Crippen molar-refractivity contribution in [1.82, 2.24) is 0 Å². The van der Waals surface area contributed by atoms with Gasteiger partial charge in [0.05, 0.1) is 0 Å². The molecule has 0 aromatic rings. The smallest absolute Gasteiger partial charge is 0.334 e. The van der Waals surface area contributed by atoms with Crippen molar-refractivity contribution in [3.05, 3.63) is 22.8 Å². The van der Waals surface area contributed by atoms with Crippen LogP contribution in [0.2, 0.25) is 0 Å². The summed E-state index contributed by atoms with van der Waals surface area (Å²) in [5, 5.41) is 0. The Morgan fingerprint density at radius 2 is 2.04 bits per heavy atom. The van der Waals surface area contributed by atoms with Crippen LogP contribution < -0.4 is 0 Å². The molecule has 0 bridgehead atoms. The van der Waals surface area contributed by atoms with E-state index in [1.807, 2.05) is 13.8 Å². The van der Waals surface area contributed by atoms with E-state index in [2.05, 4.69) is 0 Å². The molecule has 136 valence electrons. The SMILES string of the molecule is CC=C(C)C(=O)OC1C2=C(C)C(=O)OC2CC2CCC(=O)C(C)C21C. The molecule has 3 aliphatic rings. The zero-order chi connectivity index (χ0) is 18.5. The number of carbonyl (C=O) groups is 3. The molecule has 0 aromatic heterocycles. The van der Waals surface area contributed by atoms with Crippen molar-refractivity contribution in [1.29, 1.82) is 0 Å². The van der Waals surface area contributed by atoms with Crippen molar-refractivity contribution in [2.24, 2.45) is 17.3 Å². The summed E-state index contributed by atoms with van der Waals surface area (Å²) in [7, 11) is 0. The number of ketones is 1. The third-order valence-corrected chi connectivity index (χ3v) is 6.70. The molecule has 1 aliphatic heterocycles. The van der Waals surface area contributed by atoms with Gasteiger partial charge < -0.3 is 9.47 Å². The largest absolute Gasteiger partial charge is 0.454 e. The molecule has 3 rings (SSSR count). The number of carbonyl (C=O) groups excluding carboxylic acids is 3. The van der Waals surface area contributed by atoms with Crippen LogP contribution in [-0.2, 0) is 23.9 Å². The number of ether oxygens (including phenoxy) is 2. The Balaban J connectivity index is 2.09. The summed E-state index contributed by atoms with van der Waals surface area (Å²) in [5.41, 5.74) is 1.27. The van der Waals surface area contributed by atoms with Gasteiger partial charge in [0.15, 0.2) is 0 Å². The number of allylic oxidation sites excluding steroid dienone is 1. The molecule has 5 nitrogen and oxygen atoms in total. The van der Waals surface area contributed by atoms with E-state index < -0.39 is 17.5 Å². The van der Waals surface area contributed by atoms with Crippen molar-refractivity contribution in [2.45, 2.75) is 66.1 Å². The van der Waals surface area contributed by atoms with Crippen molar-refractivity contribution in [2.75, 3.05) is 0 Å². The fourth-order valence-corrected chi connectivity index (χ4v) is 4.64. The fourth-order valence-electron chi connectivity index (χ4n) is 4.64. The molecule has 0 aromatic carbocycles. The van der Waals surface area contributed by atoms with Gasteiger partial charge in [-0.15, -0.1) is 0 Å². The van der Waals surface area contributed by atoms with Gasteiger partial charge in [0.2, 0.25) is 0 Å². The van der Waals surface area contributed by atoms with Gasteiger partial charge in [0, 0.05) is 34.5 Å². The van der Waals surface area contributed by atoms with Crippen LogP contribution in [0.4, 0.5) is 0 Å². The number of hydrogen-bond donors (Lipinski definition) is 0. The van der Waals surface area contributed by atoms with Gasteiger partial charge in [0.25, 0.3) is 0 Å². The van der Waals surface area contributed by atoms with Crippen LogP contribution in [0.3, 0.4) is 0 Å². The highest BCUT2D eigenvalue weighted by atomic mass is 16.6. The maximum absolute atomic E-state index is 12.5. The third-order valence-electron chi connectivity index (χ3n) is 6.70. The third kappa shape index (κ3) is 2.55. The maximum Gasteiger partial charge on any atom is 0.334 e. The quantitative estimate of drug-likeness (QED) is 0.567. The second-order valence-corrected chi connectivity index (χ2v) is 7.76. The minimum atomic E-state index is -0.607. The van der Waals surface area contributed by atoms with Crippen molar-refractivity contribution in [3.8, 4) is 0 Å². The highest BCUT2D eigenvalue weighted by Gasteiger charge is 2.60. The van der Waals surface area contributed by atoms with Gasteiger partial charge >= 0.3 is 11.9 Å².